The first kappa shape index (κ1) is 12.2. The summed E-state index contributed by atoms with van der Waals surface area (Å²) >= 11 is 0. The highest BCUT2D eigenvalue weighted by Crippen LogP contribution is 2.67. The first-order valence-electron chi connectivity index (χ1n) is 7.21. The quantitative estimate of drug-likeness (QED) is 0.564. The van der Waals surface area contributed by atoms with Gasteiger partial charge in [-0.3, -0.25) is 9.59 Å². The van der Waals surface area contributed by atoms with Crippen LogP contribution in [0.2, 0.25) is 0 Å². The number of hydrogen-bond acceptors (Lipinski definition) is 4. The summed E-state index contributed by atoms with van der Waals surface area (Å²) in [4.78, 5) is 24.2. The summed E-state index contributed by atoms with van der Waals surface area (Å²) in [7, 11) is 2.92. The summed E-state index contributed by atoms with van der Waals surface area (Å²) in [5.41, 5.74) is 0. The molecule has 0 radical (unpaired) electrons. The van der Waals surface area contributed by atoms with E-state index < -0.39 is 0 Å². The summed E-state index contributed by atoms with van der Waals surface area (Å²) in [5, 5.41) is 0. The number of methoxy groups -OCH3 is 2. The molecule has 0 N–H and O–H groups in total. The Bertz CT molecular complexity index is 459. The van der Waals surface area contributed by atoms with E-state index >= 15 is 0 Å². The zero-order chi connectivity index (χ0) is 14.0. The average molecular weight is 274 g/mol. The molecule has 4 aliphatic carbocycles. The normalized spacial score (nSPS) is 49.5. The summed E-state index contributed by atoms with van der Waals surface area (Å²) < 4.78 is 10.00. The first-order valence-corrected chi connectivity index (χ1v) is 7.21. The Morgan fingerprint density at radius 2 is 1.00 bits per heavy atom. The van der Waals surface area contributed by atoms with Crippen LogP contribution in [0.4, 0.5) is 0 Å². The highest BCUT2D eigenvalue weighted by Gasteiger charge is 2.67. The van der Waals surface area contributed by atoms with Crippen molar-refractivity contribution < 1.29 is 19.1 Å². The maximum absolute atomic E-state index is 12.1. The van der Waals surface area contributed by atoms with Crippen LogP contribution < -0.4 is 0 Å². The number of carbonyl (C=O) groups is 2. The maximum atomic E-state index is 12.1. The zero-order valence-corrected chi connectivity index (χ0v) is 11.6. The number of ether oxygens (including phenoxy) is 2. The molecule has 0 bridgehead atoms. The van der Waals surface area contributed by atoms with Crippen LogP contribution in [0.15, 0.2) is 24.3 Å². The van der Waals surface area contributed by atoms with E-state index in [-0.39, 0.29) is 47.4 Å². The van der Waals surface area contributed by atoms with Crippen LogP contribution >= 0.6 is 0 Å². The van der Waals surface area contributed by atoms with E-state index in [1.54, 1.807) is 0 Å². The van der Waals surface area contributed by atoms with Gasteiger partial charge in [-0.1, -0.05) is 24.3 Å². The molecule has 0 aromatic rings. The third-order valence-electron chi connectivity index (χ3n) is 5.94. The van der Waals surface area contributed by atoms with Crippen molar-refractivity contribution in [3.63, 3.8) is 0 Å². The first-order chi connectivity index (χ1) is 9.69. The molecule has 106 valence electrons. The van der Waals surface area contributed by atoms with Gasteiger partial charge in [0.25, 0.3) is 0 Å². The molecule has 0 aromatic carbocycles. The number of esters is 2. The smallest absolute Gasteiger partial charge is 0.309 e. The van der Waals surface area contributed by atoms with Crippen molar-refractivity contribution in [1.29, 1.82) is 0 Å². The summed E-state index contributed by atoms with van der Waals surface area (Å²) in [5.74, 6) is 1.33. The van der Waals surface area contributed by atoms with Crippen molar-refractivity contribution in [2.24, 2.45) is 47.3 Å². The minimum atomic E-state index is -0.111. The molecule has 2 fully saturated rings. The lowest BCUT2D eigenvalue weighted by Crippen LogP contribution is -2.29. The van der Waals surface area contributed by atoms with E-state index in [2.05, 4.69) is 24.3 Å². The molecule has 0 amide bonds. The molecule has 4 aliphatic rings. The molecule has 2 saturated carbocycles. The predicted octanol–water partition coefficient (Wildman–Crippen LogP) is 1.43. The highest BCUT2D eigenvalue weighted by molar-refractivity contribution is 5.78. The average Bonchev–Trinajstić information content (AvgIpc) is 3.15. The van der Waals surface area contributed by atoms with Gasteiger partial charge in [-0.2, -0.15) is 0 Å². The topological polar surface area (TPSA) is 52.6 Å². The molecular weight excluding hydrogens is 256 g/mol. The molecule has 0 heterocycles. The maximum Gasteiger partial charge on any atom is 0.309 e. The highest BCUT2D eigenvalue weighted by atomic mass is 16.5. The van der Waals surface area contributed by atoms with Crippen LogP contribution in [0.1, 0.15) is 0 Å². The lowest BCUT2D eigenvalue weighted by molar-refractivity contribution is -0.148. The fourth-order valence-electron chi connectivity index (χ4n) is 5.42. The van der Waals surface area contributed by atoms with Crippen LogP contribution in [-0.4, -0.2) is 26.2 Å². The second kappa shape index (κ2) is 3.96. The molecule has 0 aliphatic heterocycles. The monoisotopic (exact) mass is 274 g/mol. The van der Waals surface area contributed by atoms with Crippen molar-refractivity contribution in [2.45, 2.75) is 0 Å². The van der Waals surface area contributed by atoms with Gasteiger partial charge in [0.15, 0.2) is 0 Å². The second-order valence-electron chi connectivity index (χ2n) is 6.33. The van der Waals surface area contributed by atoms with Gasteiger partial charge in [-0.25, -0.2) is 0 Å². The third kappa shape index (κ3) is 1.23. The summed E-state index contributed by atoms with van der Waals surface area (Å²) in [6.07, 6.45) is 8.54. The van der Waals surface area contributed by atoms with E-state index in [0.717, 1.165) is 0 Å². The van der Waals surface area contributed by atoms with Crippen molar-refractivity contribution in [2.75, 3.05) is 14.2 Å². The standard InChI is InChI=1S/C16H18O4/c1-19-15(17)13-7-3-5-9-11(7)12-8(13)4-6-10(12)14(9)16(18)20-2/h3-14H,1-2H3/t7-,8-,9-,10+,11?,12?,13?,14?/m0/s1. The van der Waals surface area contributed by atoms with E-state index in [0.29, 0.717) is 11.8 Å². The molecule has 4 nitrogen and oxygen atoms in total. The van der Waals surface area contributed by atoms with Crippen LogP contribution in [0.25, 0.3) is 0 Å². The van der Waals surface area contributed by atoms with Gasteiger partial charge in [0.1, 0.15) is 0 Å². The number of rotatable bonds is 2. The Morgan fingerprint density at radius 3 is 1.25 bits per heavy atom. The molecule has 4 heteroatoms. The van der Waals surface area contributed by atoms with E-state index in [9.17, 15) is 9.59 Å². The molecule has 4 rings (SSSR count). The third-order valence-corrected chi connectivity index (χ3v) is 5.94. The molecule has 4 unspecified atom stereocenters. The fourth-order valence-corrected chi connectivity index (χ4v) is 5.42. The van der Waals surface area contributed by atoms with Crippen LogP contribution in [0.5, 0.6) is 0 Å². The van der Waals surface area contributed by atoms with Gasteiger partial charge in [0.2, 0.25) is 0 Å². The van der Waals surface area contributed by atoms with Gasteiger partial charge in [-0.05, 0) is 35.5 Å². The van der Waals surface area contributed by atoms with Crippen LogP contribution in [0.3, 0.4) is 0 Å². The van der Waals surface area contributed by atoms with Crippen LogP contribution in [0, 0.1) is 47.3 Å². The van der Waals surface area contributed by atoms with Gasteiger partial charge >= 0.3 is 11.9 Å². The van der Waals surface area contributed by atoms with Crippen LogP contribution in [-0.2, 0) is 19.1 Å². The Hall–Kier alpha value is -1.58. The Labute approximate surface area is 117 Å². The van der Waals surface area contributed by atoms with Gasteiger partial charge < -0.3 is 9.47 Å². The largest absolute Gasteiger partial charge is 0.469 e. The summed E-state index contributed by atoms with van der Waals surface area (Å²) in [6.45, 7) is 0. The SMILES string of the molecule is COC(=O)C1[C@H]2C=C[C@@H]3C(C(=O)OC)[C@@H]4C=C[C@H]1C4C23. The van der Waals surface area contributed by atoms with Crippen molar-refractivity contribution in [1.82, 2.24) is 0 Å². The second-order valence-corrected chi connectivity index (χ2v) is 6.33. The van der Waals surface area contributed by atoms with Gasteiger partial charge in [0.05, 0.1) is 26.1 Å². The van der Waals surface area contributed by atoms with E-state index in [1.807, 2.05) is 0 Å². The lowest BCUT2D eigenvalue weighted by atomic mass is 9.83. The lowest BCUT2D eigenvalue weighted by Gasteiger charge is -2.21. The number of carbonyl (C=O) groups excluding carboxylic acids is 2. The van der Waals surface area contributed by atoms with Gasteiger partial charge in [0, 0.05) is 0 Å². The molecular formula is C16H18O4. The fraction of sp³-hybridized carbons (Fsp3) is 0.625. The Kier molecular flexibility index (Phi) is 2.41. The summed E-state index contributed by atoms with van der Waals surface area (Å²) in [6, 6.07) is 0. The van der Waals surface area contributed by atoms with Crippen molar-refractivity contribution in [3.05, 3.63) is 24.3 Å². The predicted molar refractivity (Wildman–Crippen MR) is 70.2 cm³/mol. The minimum absolute atomic E-state index is 0.0731. The molecule has 8 atom stereocenters. The van der Waals surface area contributed by atoms with Crippen molar-refractivity contribution in [3.8, 4) is 0 Å². The van der Waals surface area contributed by atoms with E-state index in [4.69, 9.17) is 9.47 Å². The Morgan fingerprint density at radius 1 is 0.700 bits per heavy atom. The number of allylic oxidation sites excluding steroid dienone is 4. The molecule has 0 saturated heterocycles. The molecule has 20 heavy (non-hydrogen) atoms. The van der Waals surface area contributed by atoms with Crippen molar-refractivity contribution >= 4 is 11.9 Å². The number of hydrogen-bond donors (Lipinski definition) is 0. The molecule has 0 aromatic heterocycles. The Balaban J connectivity index is 1.74. The minimum Gasteiger partial charge on any atom is -0.469 e. The molecule has 0 spiro atoms. The van der Waals surface area contributed by atoms with E-state index in [1.165, 1.54) is 14.2 Å². The zero-order valence-electron chi connectivity index (χ0n) is 11.6. The van der Waals surface area contributed by atoms with Gasteiger partial charge in [-0.15, -0.1) is 0 Å².